The summed E-state index contributed by atoms with van der Waals surface area (Å²) in [6, 6.07) is 20.7. The molecule has 6 heteroatoms. The third-order valence-corrected chi connectivity index (χ3v) is 5.13. The molecule has 4 aromatic rings. The summed E-state index contributed by atoms with van der Waals surface area (Å²) in [5, 5.41) is 14.0. The van der Waals surface area contributed by atoms with E-state index >= 15 is 0 Å². The van der Waals surface area contributed by atoms with Crippen LogP contribution in [0.25, 0.3) is 27.9 Å². The first-order valence-corrected chi connectivity index (χ1v) is 9.38. The summed E-state index contributed by atoms with van der Waals surface area (Å²) in [7, 11) is 0. The van der Waals surface area contributed by atoms with E-state index in [4.69, 9.17) is 9.73 Å². The minimum Gasteiger partial charge on any atom is -0.664 e. The third-order valence-electron chi connectivity index (χ3n) is 5.13. The minimum atomic E-state index is -0.922. The van der Waals surface area contributed by atoms with Crippen molar-refractivity contribution in [1.29, 1.82) is 0 Å². The van der Waals surface area contributed by atoms with Gasteiger partial charge in [0.25, 0.3) is 0 Å². The highest BCUT2D eigenvalue weighted by atomic mass is 16.4. The number of carboxylic acid groups (broad SMARTS) is 1. The maximum absolute atomic E-state index is 11.2. The first-order chi connectivity index (χ1) is 14.1. The van der Waals surface area contributed by atoms with Crippen LogP contribution in [0.1, 0.15) is 22.8 Å². The van der Waals surface area contributed by atoms with Crippen LogP contribution in [0.5, 0.6) is 0 Å². The fourth-order valence-electron chi connectivity index (χ4n) is 3.69. The Morgan fingerprint density at radius 3 is 2.83 bits per heavy atom. The lowest BCUT2D eigenvalue weighted by atomic mass is 10.1. The van der Waals surface area contributed by atoms with Crippen molar-refractivity contribution >= 4 is 28.4 Å². The van der Waals surface area contributed by atoms with E-state index in [1.165, 1.54) is 0 Å². The van der Waals surface area contributed by atoms with Crippen LogP contribution in [0.3, 0.4) is 0 Å². The molecule has 3 aromatic carbocycles. The highest BCUT2D eigenvalue weighted by Crippen LogP contribution is 2.45. The number of hydrogen-bond donors (Lipinski definition) is 1. The first kappa shape index (κ1) is 17.3. The van der Waals surface area contributed by atoms with Crippen molar-refractivity contribution < 1.29 is 14.3 Å². The Morgan fingerprint density at radius 1 is 1.14 bits per heavy atom. The van der Waals surface area contributed by atoms with Gasteiger partial charge in [-0.25, -0.2) is 9.78 Å². The van der Waals surface area contributed by atoms with Crippen molar-refractivity contribution in [1.82, 2.24) is 4.98 Å². The molecule has 0 aliphatic carbocycles. The number of rotatable bonds is 4. The molecule has 6 nitrogen and oxygen atoms in total. The molecule has 1 aliphatic heterocycles. The maximum Gasteiger partial charge on any atom is 0.335 e. The molecule has 0 bridgehead atoms. The molecule has 5 rings (SSSR count). The lowest BCUT2D eigenvalue weighted by Gasteiger charge is -2.31. The molecule has 1 N–H and O–H groups in total. The van der Waals surface area contributed by atoms with E-state index in [1.54, 1.807) is 18.2 Å². The zero-order chi connectivity index (χ0) is 20.0. The Hall–Kier alpha value is -3.80. The second kappa shape index (κ2) is 6.67. The Balaban J connectivity index is 1.45. The predicted molar refractivity (Wildman–Crippen MR) is 112 cm³/mol. The lowest BCUT2D eigenvalue weighted by Crippen LogP contribution is -2.27. The van der Waals surface area contributed by atoms with Gasteiger partial charge in [0.05, 0.1) is 5.56 Å². The van der Waals surface area contributed by atoms with Crippen molar-refractivity contribution in [2.45, 2.75) is 19.6 Å². The molecule has 0 fully saturated rings. The molecule has 0 amide bonds. The van der Waals surface area contributed by atoms with Gasteiger partial charge in [-0.1, -0.05) is 37.3 Å². The second-order valence-corrected chi connectivity index (χ2v) is 7.08. The molecule has 2 heterocycles. The van der Waals surface area contributed by atoms with Crippen LogP contribution in [0.4, 0.5) is 11.4 Å². The predicted octanol–water partition coefficient (Wildman–Crippen LogP) is 5.56. The van der Waals surface area contributed by atoms with Gasteiger partial charge < -0.3 is 19.7 Å². The van der Waals surface area contributed by atoms with Gasteiger partial charge in [-0.3, -0.25) is 0 Å². The number of carboxylic acids is 1. The van der Waals surface area contributed by atoms with Crippen LogP contribution in [-0.4, -0.2) is 22.2 Å². The summed E-state index contributed by atoms with van der Waals surface area (Å²) in [4.78, 5) is 18.0. The third kappa shape index (κ3) is 3.08. The Morgan fingerprint density at radius 2 is 2.00 bits per heavy atom. The van der Waals surface area contributed by atoms with Gasteiger partial charge in [0.1, 0.15) is 5.52 Å². The van der Waals surface area contributed by atoms with Crippen molar-refractivity contribution in [3.63, 3.8) is 0 Å². The number of aromatic carboxylic acids is 1. The average molecular weight is 384 g/mol. The van der Waals surface area contributed by atoms with Gasteiger partial charge in [-0.15, -0.1) is 5.69 Å². The van der Waals surface area contributed by atoms with Crippen molar-refractivity contribution in [3.8, 4) is 11.5 Å². The molecule has 0 saturated heterocycles. The highest BCUT2D eigenvalue weighted by molar-refractivity contribution is 5.88. The number of nitrogens with zero attached hydrogens (tertiary/aromatic N) is 3. The maximum atomic E-state index is 11.2. The Bertz CT molecular complexity index is 1200. The lowest BCUT2D eigenvalue weighted by molar-refractivity contribution is 0.0696. The number of hydrogen-bond acceptors (Lipinski definition) is 4. The van der Waals surface area contributed by atoms with E-state index in [0.717, 1.165) is 33.6 Å². The molecule has 0 saturated carbocycles. The summed E-state index contributed by atoms with van der Waals surface area (Å²) >= 11 is 0. The van der Waals surface area contributed by atoms with E-state index in [9.17, 15) is 9.90 Å². The first-order valence-electron chi connectivity index (χ1n) is 9.38. The number of benzene rings is 3. The quantitative estimate of drug-likeness (QED) is 0.498. The molecular weight excluding hydrogens is 366 g/mol. The Labute approximate surface area is 167 Å². The standard InChI is InChI=1S/C23H18N3O3/c1-14-24-19-12-16(22-25-18-7-2-3-8-21(18)29-22)9-10-20(19)26(14)13-15-5-4-6-17(11-15)23(27)28/h2-12,14H,13H2,1H3,(H,27,28)/q-1. The second-order valence-electron chi connectivity index (χ2n) is 7.08. The van der Waals surface area contributed by atoms with Crippen LogP contribution < -0.4 is 4.90 Å². The molecule has 0 spiro atoms. The smallest absolute Gasteiger partial charge is 0.335 e. The zero-order valence-corrected chi connectivity index (χ0v) is 15.7. The number of aromatic nitrogens is 1. The molecule has 0 radical (unpaired) electrons. The van der Waals surface area contributed by atoms with Crippen LogP contribution in [0, 0.1) is 0 Å². The fourth-order valence-corrected chi connectivity index (χ4v) is 3.69. The van der Waals surface area contributed by atoms with Crippen LogP contribution in [0.2, 0.25) is 0 Å². The minimum absolute atomic E-state index is 0.0441. The normalized spacial score (nSPS) is 15.3. The van der Waals surface area contributed by atoms with Crippen molar-refractivity contribution in [2.75, 3.05) is 4.90 Å². The van der Waals surface area contributed by atoms with E-state index in [1.807, 2.05) is 55.5 Å². The molecule has 1 aromatic heterocycles. The number of para-hydroxylation sites is 2. The SMILES string of the molecule is CC1[N-]c2cc(-c3nc4ccccc4o3)ccc2N1Cc1cccc(C(=O)O)c1. The van der Waals surface area contributed by atoms with Gasteiger partial charge >= 0.3 is 5.97 Å². The van der Waals surface area contributed by atoms with Crippen molar-refractivity contribution in [3.05, 3.63) is 83.2 Å². The summed E-state index contributed by atoms with van der Waals surface area (Å²) in [5.74, 6) is -0.348. The van der Waals surface area contributed by atoms with Crippen LogP contribution in [0.15, 0.2) is 71.1 Å². The number of oxazole rings is 1. The van der Waals surface area contributed by atoms with E-state index in [0.29, 0.717) is 12.4 Å². The summed E-state index contributed by atoms with van der Waals surface area (Å²) in [6.07, 6.45) is -0.0441. The fraction of sp³-hybridized carbons (Fsp3) is 0.130. The van der Waals surface area contributed by atoms with Crippen molar-refractivity contribution in [2.24, 2.45) is 0 Å². The number of carbonyl (C=O) groups is 1. The van der Waals surface area contributed by atoms with Crippen LogP contribution in [-0.2, 0) is 6.54 Å². The molecule has 1 aliphatic rings. The van der Waals surface area contributed by atoms with Crippen LogP contribution >= 0.6 is 0 Å². The summed E-state index contributed by atoms with van der Waals surface area (Å²) in [5.41, 5.74) is 5.58. The summed E-state index contributed by atoms with van der Waals surface area (Å²) in [6.45, 7) is 2.61. The molecular formula is C23H18N3O3-. The molecule has 1 atom stereocenters. The molecule has 1 unspecified atom stereocenters. The molecule has 29 heavy (non-hydrogen) atoms. The monoisotopic (exact) mass is 384 g/mol. The van der Waals surface area contributed by atoms with Gasteiger partial charge in [-0.2, -0.15) is 0 Å². The number of fused-ring (bicyclic) bond motifs is 2. The molecule has 144 valence electrons. The average Bonchev–Trinajstić information content (AvgIpc) is 3.29. The van der Waals surface area contributed by atoms with Gasteiger partial charge in [-0.05, 0) is 48.1 Å². The van der Waals surface area contributed by atoms with Gasteiger partial charge in [0, 0.05) is 17.8 Å². The largest absolute Gasteiger partial charge is 0.664 e. The summed E-state index contributed by atoms with van der Waals surface area (Å²) < 4.78 is 5.88. The van der Waals surface area contributed by atoms with E-state index < -0.39 is 5.97 Å². The van der Waals surface area contributed by atoms with E-state index in [-0.39, 0.29) is 11.7 Å². The topological polar surface area (TPSA) is 80.7 Å². The van der Waals surface area contributed by atoms with Gasteiger partial charge in [0.2, 0.25) is 5.89 Å². The van der Waals surface area contributed by atoms with E-state index in [2.05, 4.69) is 9.88 Å². The zero-order valence-electron chi connectivity index (χ0n) is 15.7. The highest BCUT2D eigenvalue weighted by Gasteiger charge is 2.19. The number of anilines is 1. The van der Waals surface area contributed by atoms with Gasteiger partial charge in [0.15, 0.2) is 5.58 Å². The Kier molecular flexibility index (Phi) is 3.98.